The molecule has 1 N–H and O–H groups in total. The van der Waals surface area contributed by atoms with E-state index >= 15 is 0 Å². The molecule has 0 aromatic carbocycles. The Morgan fingerprint density at radius 3 is 1.08 bits per heavy atom. The first-order valence-corrected chi connectivity index (χ1v) is 17.8. The Morgan fingerprint density at radius 2 is 0.750 bits per heavy atom. The first-order chi connectivity index (χ1) is 17.6. The minimum atomic E-state index is -3.67. The van der Waals surface area contributed by atoms with Crippen LogP contribution in [-0.4, -0.2) is 29.3 Å². The van der Waals surface area contributed by atoms with Gasteiger partial charge in [-0.1, -0.05) is 162 Å². The molecule has 0 aliphatic heterocycles. The van der Waals surface area contributed by atoms with Crippen LogP contribution >= 0.6 is 7.75 Å². The van der Waals surface area contributed by atoms with Crippen molar-refractivity contribution < 1.29 is 14.0 Å². The summed E-state index contributed by atoms with van der Waals surface area (Å²) in [5.41, 5.74) is 0. The largest absolute Gasteiger partial charge is 0.405 e. The highest BCUT2D eigenvalue weighted by Crippen LogP contribution is 2.46. The zero-order valence-electron chi connectivity index (χ0n) is 25.0. The van der Waals surface area contributed by atoms with E-state index in [-0.39, 0.29) is 0 Å². The molecule has 1 atom stereocenters. The minimum Gasteiger partial charge on any atom is -0.312 e. The van der Waals surface area contributed by atoms with E-state index < -0.39 is 7.75 Å². The van der Waals surface area contributed by atoms with Crippen LogP contribution in [0.4, 0.5) is 0 Å². The van der Waals surface area contributed by atoms with Crippen LogP contribution in [0.5, 0.6) is 0 Å². The molecule has 0 aliphatic carbocycles. The van der Waals surface area contributed by atoms with Gasteiger partial charge in [-0.15, -0.1) is 0 Å². The molecule has 0 aromatic heterocycles. The van der Waals surface area contributed by atoms with Crippen LogP contribution in [0, 0.1) is 0 Å². The Bertz CT molecular complexity index is 449. The molecule has 0 bridgehead atoms. The molecule has 0 heterocycles. The lowest BCUT2D eigenvalue weighted by molar-refractivity contribution is 0.194. The highest BCUT2D eigenvalue weighted by atomic mass is 31.2. The molecule has 0 aromatic rings. The molecule has 0 radical (unpaired) electrons. The van der Waals surface area contributed by atoms with E-state index in [4.69, 9.17) is 4.52 Å². The normalized spacial score (nSPS) is 13.5. The van der Waals surface area contributed by atoms with Gasteiger partial charge in [-0.2, -0.15) is 0 Å². The van der Waals surface area contributed by atoms with Crippen molar-refractivity contribution in [3.8, 4) is 0 Å². The predicted molar refractivity (Wildman–Crippen MR) is 160 cm³/mol. The number of hydrogen-bond donors (Lipinski definition) is 1. The van der Waals surface area contributed by atoms with E-state index in [2.05, 4.69) is 20.8 Å². The van der Waals surface area contributed by atoms with Gasteiger partial charge in [0.15, 0.2) is 0 Å². The molecular weight excluding hydrogens is 465 g/mol. The van der Waals surface area contributed by atoms with Crippen LogP contribution in [0.2, 0.25) is 0 Å². The van der Waals surface area contributed by atoms with Gasteiger partial charge in [0.1, 0.15) is 0 Å². The van der Waals surface area contributed by atoms with Gasteiger partial charge in [0, 0.05) is 13.1 Å². The average molecular weight is 532 g/mol. The quantitative estimate of drug-likeness (QED) is 0.0739. The molecular formula is C31H66NO3P. The topological polar surface area (TPSA) is 49.8 Å². The van der Waals surface area contributed by atoms with E-state index in [1.165, 1.54) is 116 Å². The predicted octanol–water partition coefficient (Wildman–Crippen LogP) is 11.2. The minimum absolute atomic E-state index is 0.397. The molecule has 0 saturated heterocycles. The summed E-state index contributed by atoms with van der Waals surface area (Å²) in [6.45, 7) is 8.46. The van der Waals surface area contributed by atoms with Crippen molar-refractivity contribution >= 4 is 7.75 Å². The van der Waals surface area contributed by atoms with Gasteiger partial charge in [-0.05, 0) is 19.3 Å². The third-order valence-corrected chi connectivity index (χ3v) is 9.04. The van der Waals surface area contributed by atoms with Crippen molar-refractivity contribution in [1.29, 1.82) is 0 Å². The Balaban J connectivity index is 4.09. The third-order valence-electron chi connectivity index (χ3n) is 7.40. The van der Waals surface area contributed by atoms with Crippen LogP contribution in [0.25, 0.3) is 0 Å². The van der Waals surface area contributed by atoms with Crippen LogP contribution in [0.1, 0.15) is 181 Å². The Kier molecular flexibility index (Phi) is 28.2. The maximum Gasteiger partial charge on any atom is 0.405 e. The van der Waals surface area contributed by atoms with Crippen molar-refractivity contribution in [3.63, 3.8) is 0 Å². The van der Waals surface area contributed by atoms with Crippen LogP contribution in [0.3, 0.4) is 0 Å². The van der Waals surface area contributed by atoms with Gasteiger partial charge in [-0.25, -0.2) is 9.24 Å². The van der Waals surface area contributed by atoms with E-state index in [1.807, 2.05) is 0 Å². The monoisotopic (exact) mass is 531 g/mol. The fraction of sp³-hybridized carbons (Fsp3) is 1.00. The van der Waals surface area contributed by atoms with Crippen molar-refractivity contribution in [2.75, 3.05) is 19.7 Å². The zero-order valence-corrected chi connectivity index (χ0v) is 25.9. The number of nitrogens with zero attached hydrogens (tertiary/aromatic N) is 1. The second-order valence-electron chi connectivity index (χ2n) is 11.1. The fourth-order valence-electron chi connectivity index (χ4n) is 4.90. The van der Waals surface area contributed by atoms with Gasteiger partial charge in [-0.3, -0.25) is 4.52 Å². The number of hydrogen-bond acceptors (Lipinski definition) is 2. The summed E-state index contributed by atoms with van der Waals surface area (Å²) in [5, 5.41) is 0. The lowest BCUT2D eigenvalue weighted by Crippen LogP contribution is -2.24. The fourth-order valence-corrected chi connectivity index (χ4v) is 6.22. The molecule has 4 nitrogen and oxygen atoms in total. The Labute approximate surface area is 227 Å². The van der Waals surface area contributed by atoms with Crippen molar-refractivity contribution in [1.82, 2.24) is 4.67 Å². The van der Waals surface area contributed by atoms with E-state index in [9.17, 15) is 9.46 Å². The Hall–Kier alpha value is 0.110. The highest BCUT2D eigenvalue weighted by Gasteiger charge is 2.28. The molecule has 0 amide bonds. The molecule has 5 heteroatoms. The molecule has 0 spiro atoms. The van der Waals surface area contributed by atoms with E-state index in [0.29, 0.717) is 19.7 Å². The summed E-state index contributed by atoms with van der Waals surface area (Å²) in [7, 11) is -3.67. The summed E-state index contributed by atoms with van der Waals surface area (Å²) < 4.78 is 20.3. The molecule has 0 fully saturated rings. The SMILES string of the molecule is CCCCCCCCCCCCCN(CCCCCCCCCCCCC)P(=O)(O)OCCCCC. The summed E-state index contributed by atoms with van der Waals surface area (Å²) in [6.07, 6.45) is 31.6. The second-order valence-corrected chi connectivity index (χ2v) is 12.9. The van der Waals surface area contributed by atoms with Crippen molar-refractivity contribution in [2.45, 2.75) is 181 Å². The lowest BCUT2D eigenvalue weighted by atomic mass is 10.1. The Morgan fingerprint density at radius 1 is 0.472 bits per heavy atom. The smallest absolute Gasteiger partial charge is 0.312 e. The maximum absolute atomic E-state index is 13.0. The van der Waals surface area contributed by atoms with Gasteiger partial charge in [0.25, 0.3) is 0 Å². The van der Waals surface area contributed by atoms with Crippen LogP contribution in [-0.2, 0) is 9.09 Å². The summed E-state index contributed by atoms with van der Waals surface area (Å²) in [4.78, 5) is 10.7. The first-order valence-electron chi connectivity index (χ1n) is 16.3. The molecule has 218 valence electrons. The van der Waals surface area contributed by atoms with E-state index in [1.54, 1.807) is 4.67 Å². The molecule has 36 heavy (non-hydrogen) atoms. The molecule has 1 unspecified atom stereocenters. The first kappa shape index (κ1) is 36.1. The number of unbranched alkanes of at least 4 members (excludes halogenated alkanes) is 22. The summed E-state index contributed by atoms with van der Waals surface area (Å²) in [5.74, 6) is 0. The van der Waals surface area contributed by atoms with Gasteiger partial charge >= 0.3 is 7.75 Å². The van der Waals surface area contributed by atoms with Gasteiger partial charge < -0.3 is 4.89 Å². The van der Waals surface area contributed by atoms with Crippen molar-refractivity contribution in [2.24, 2.45) is 0 Å². The highest BCUT2D eigenvalue weighted by molar-refractivity contribution is 7.50. The number of rotatable bonds is 30. The third kappa shape index (κ3) is 24.4. The zero-order chi connectivity index (χ0) is 26.6. The average Bonchev–Trinajstić information content (AvgIpc) is 2.87. The molecule has 0 saturated carbocycles. The summed E-state index contributed by atoms with van der Waals surface area (Å²) >= 11 is 0. The standard InChI is InChI=1S/C31H66NO3P/c1-4-7-10-12-14-16-18-20-22-24-26-29-32(36(33,34)35-31-28-9-6-3)30-27-25-23-21-19-17-15-13-11-8-5-2/h4-31H2,1-3H3,(H,33,34). The van der Waals surface area contributed by atoms with Crippen molar-refractivity contribution in [3.05, 3.63) is 0 Å². The summed E-state index contributed by atoms with van der Waals surface area (Å²) in [6, 6.07) is 0. The molecule has 0 aliphatic rings. The lowest BCUT2D eigenvalue weighted by Gasteiger charge is -2.26. The van der Waals surface area contributed by atoms with Crippen LogP contribution < -0.4 is 0 Å². The maximum atomic E-state index is 13.0. The second kappa shape index (κ2) is 28.1. The van der Waals surface area contributed by atoms with Gasteiger partial charge in [0.2, 0.25) is 0 Å². The van der Waals surface area contributed by atoms with Crippen LogP contribution in [0.15, 0.2) is 0 Å². The van der Waals surface area contributed by atoms with E-state index in [0.717, 1.165) is 44.9 Å². The molecule has 0 rings (SSSR count). The van der Waals surface area contributed by atoms with Gasteiger partial charge in [0.05, 0.1) is 6.61 Å².